The van der Waals surface area contributed by atoms with E-state index in [1.165, 1.54) is 11.1 Å². The molecule has 0 aliphatic carbocycles. The molecule has 0 saturated heterocycles. The number of rotatable bonds is 1. The fraction of sp³-hybridized carbons (Fsp3) is 0.188. The van der Waals surface area contributed by atoms with E-state index in [1.807, 2.05) is 18.2 Å². The number of thioether (sulfide) groups is 1. The molecule has 0 bridgehead atoms. The van der Waals surface area contributed by atoms with Crippen molar-refractivity contribution in [3.8, 4) is 0 Å². The molecule has 102 valence electrons. The van der Waals surface area contributed by atoms with Crippen LogP contribution in [0.2, 0.25) is 5.02 Å². The molecule has 1 aliphatic heterocycles. The molecule has 1 amide bonds. The van der Waals surface area contributed by atoms with E-state index in [2.05, 4.69) is 36.5 Å². The Morgan fingerprint density at radius 2 is 2.10 bits per heavy atom. The molecule has 0 saturated carbocycles. The van der Waals surface area contributed by atoms with Gasteiger partial charge in [-0.25, -0.2) is 0 Å². The maximum atomic E-state index is 11.8. The van der Waals surface area contributed by atoms with E-state index in [9.17, 15) is 4.79 Å². The fourth-order valence-electron chi connectivity index (χ4n) is 2.41. The van der Waals surface area contributed by atoms with Crippen LogP contribution < -0.4 is 5.32 Å². The molecule has 2 nitrogen and oxygen atoms in total. The van der Waals surface area contributed by atoms with Crippen LogP contribution in [0.1, 0.15) is 21.9 Å². The predicted molar refractivity (Wildman–Crippen MR) is 85.6 cm³/mol. The topological polar surface area (TPSA) is 29.1 Å². The summed E-state index contributed by atoms with van der Waals surface area (Å²) in [5.74, 6) is 0.485. The summed E-state index contributed by atoms with van der Waals surface area (Å²) >= 11 is 7.76. The van der Waals surface area contributed by atoms with Crippen LogP contribution in [-0.4, -0.2) is 11.7 Å². The quantitative estimate of drug-likeness (QED) is 0.845. The molecule has 0 fully saturated rings. The Kier molecular flexibility index (Phi) is 3.72. The highest BCUT2D eigenvalue weighted by molar-refractivity contribution is 8.00. The zero-order valence-electron chi connectivity index (χ0n) is 11.0. The number of halogens is 1. The van der Waals surface area contributed by atoms with Gasteiger partial charge in [0, 0.05) is 10.7 Å². The van der Waals surface area contributed by atoms with Crippen LogP contribution in [0.3, 0.4) is 0 Å². The van der Waals surface area contributed by atoms with Gasteiger partial charge in [0.2, 0.25) is 5.91 Å². The molecule has 0 radical (unpaired) electrons. The minimum atomic E-state index is 0.0359. The van der Waals surface area contributed by atoms with Gasteiger partial charge in [0.05, 0.1) is 11.0 Å². The first-order chi connectivity index (χ1) is 9.63. The first-order valence-corrected chi connectivity index (χ1v) is 7.83. The molecule has 0 spiro atoms. The maximum absolute atomic E-state index is 11.8. The predicted octanol–water partition coefficient (Wildman–Crippen LogP) is 4.42. The fourth-order valence-corrected chi connectivity index (χ4v) is 3.69. The summed E-state index contributed by atoms with van der Waals surface area (Å²) in [5.41, 5.74) is 4.35. The largest absolute Gasteiger partial charge is 0.325 e. The average molecular weight is 304 g/mol. The van der Waals surface area contributed by atoms with Gasteiger partial charge in [0.1, 0.15) is 0 Å². The van der Waals surface area contributed by atoms with E-state index in [0.717, 1.165) is 11.3 Å². The Balaban J connectivity index is 2.12. The Labute approximate surface area is 127 Å². The third-order valence-corrected chi connectivity index (χ3v) is 4.82. The number of hydrogen-bond donors (Lipinski definition) is 1. The summed E-state index contributed by atoms with van der Waals surface area (Å²) < 4.78 is 0. The Morgan fingerprint density at radius 1 is 1.25 bits per heavy atom. The van der Waals surface area contributed by atoms with Gasteiger partial charge in [-0.3, -0.25) is 4.79 Å². The number of anilines is 1. The van der Waals surface area contributed by atoms with Gasteiger partial charge in [-0.2, -0.15) is 0 Å². The zero-order valence-corrected chi connectivity index (χ0v) is 12.6. The highest BCUT2D eigenvalue weighted by atomic mass is 35.5. The third kappa shape index (κ3) is 2.69. The third-order valence-electron chi connectivity index (χ3n) is 3.30. The highest BCUT2D eigenvalue weighted by Crippen LogP contribution is 2.42. The van der Waals surface area contributed by atoms with Gasteiger partial charge in [0.25, 0.3) is 0 Å². The molecule has 1 atom stereocenters. The number of hydrogen-bond acceptors (Lipinski definition) is 2. The summed E-state index contributed by atoms with van der Waals surface area (Å²) in [6, 6.07) is 14.0. The number of carbonyl (C=O) groups is 1. The SMILES string of the molecule is Cc1cccc(C2SCC(=O)Nc3ccc(Cl)cc32)c1. The summed E-state index contributed by atoms with van der Waals surface area (Å²) in [6.45, 7) is 2.08. The van der Waals surface area contributed by atoms with Crippen molar-refractivity contribution < 1.29 is 4.79 Å². The summed E-state index contributed by atoms with van der Waals surface area (Å²) in [7, 11) is 0. The van der Waals surface area contributed by atoms with Crippen molar-refractivity contribution in [2.24, 2.45) is 0 Å². The second kappa shape index (κ2) is 5.51. The lowest BCUT2D eigenvalue weighted by Crippen LogP contribution is -2.12. The van der Waals surface area contributed by atoms with Crippen molar-refractivity contribution in [1.29, 1.82) is 0 Å². The molecule has 4 heteroatoms. The lowest BCUT2D eigenvalue weighted by atomic mass is 10.0. The number of fused-ring (bicyclic) bond motifs is 1. The van der Waals surface area contributed by atoms with Crippen LogP contribution in [-0.2, 0) is 4.79 Å². The molecule has 1 heterocycles. The first-order valence-electron chi connectivity index (χ1n) is 6.41. The molecule has 2 aromatic carbocycles. The average Bonchev–Trinajstić information content (AvgIpc) is 2.57. The molecule has 1 unspecified atom stereocenters. The van der Waals surface area contributed by atoms with Crippen molar-refractivity contribution in [3.05, 3.63) is 64.2 Å². The summed E-state index contributed by atoms with van der Waals surface area (Å²) in [6.07, 6.45) is 0. The van der Waals surface area contributed by atoms with Crippen LogP contribution in [0.15, 0.2) is 42.5 Å². The normalized spacial score (nSPS) is 18.1. The molecule has 1 N–H and O–H groups in total. The van der Waals surface area contributed by atoms with Crippen LogP contribution in [0.5, 0.6) is 0 Å². The van der Waals surface area contributed by atoms with Crippen LogP contribution in [0, 0.1) is 6.92 Å². The first kappa shape index (κ1) is 13.5. The lowest BCUT2D eigenvalue weighted by molar-refractivity contribution is -0.113. The van der Waals surface area contributed by atoms with Crippen LogP contribution >= 0.6 is 23.4 Å². The molecular formula is C16H14ClNOS. The monoisotopic (exact) mass is 303 g/mol. The maximum Gasteiger partial charge on any atom is 0.234 e. The van der Waals surface area contributed by atoms with Gasteiger partial charge in [-0.05, 0) is 36.2 Å². The number of nitrogens with one attached hydrogen (secondary N) is 1. The molecule has 2 aromatic rings. The number of aryl methyl sites for hydroxylation is 1. The van der Waals surface area contributed by atoms with Crippen LogP contribution in [0.4, 0.5) is 5.69 Å². The van der Waals surface area contributed by atoms with E-state index in [1.54, 1.807) is 11.8 Å². The van der Waals surface area contributed by atoms with Crippen molar-refractivity contribution in [2.75, 3.05) is 11.1 Å². The summed E-state index contributed by atoms with van der Waals surface area (Å²) in [5, 5.41) is 3.77. The van der Waals surface area contributed by atoms with Crippen molar-refractivity contribution >= 4 is 35.0 Å². The summed E-state index contributed by atoms with van der Waals surface area (Å²) in [4.78, 5) is 11.8. The molecular weight excluding hydrogens is 290 g/mol. The molecule has 0 aromatic heterocycles. The highest BCUT2D eigenvalue weighted by Gasteiger charge is 2.24. The molecule has 1 aliphatic rings. The molecule has 20 heavy (non-hydrogen) atoms. The molecule has 3 rings (SSSR count). The van der Waals surface area contributed by atoms with Gasteiger partial charge in [-0.1, -0.05) is 41.4 Å². The van der Waals surface area contributed by atoms with Crippen LogP contribution in [0.25, 0.3) is 0 Å². The van der Waals surface area contributed by atoms with Gasteiger partial charge < -0.3 is 5.32 Å². The van der Waals surface area contributed by atoms with E-state index >= 15 is 0 Å². The van der Waals surface area contributed by atoms with E-state index in [-0.39, 0.29) is 11.2 Å². The number of amides is 1. The smallest absolute Gasteiger partial charge is 0.234 e. The van der Waals surface area contributed by atoms with Gasteiger partial charge in [-0.15, -0.1) is 11.8 Å². The van der Waals surface area contributed by atoms with Crippen molar-refractivity contribution in [2.45, 2.75) is 12.2 Å². The van der Waals surface area contributed by atoms with Gasteiger partial charge in [0.15, 0.2) is 0 Å². The lowest BCUT2D eigenvalue weighted by Gasteiger charge is -2.17. The second-order valence-electron chi connectivity index (χ2n) is 4.88. The standard InChI is InChI=1S/C16H14ClNOS/c1-10-3-2-4-11(7-10)16-13-8-12(17)5-6-14(13)18-15(19)9-20-16/h2-8,16H,9H2,1H3,(H,18,19). The zero-order chi connectivity index (χ0) is 14.1. The van der Waals surface area contributed by atoms with E-state index in [0.29, 0.717) is 10.8 Å². The Morgan fingerprint density at radius 3 is 2.90 bits per heavy atom. The number of benzene rings is 2. The minimum Gasteiger partial charge on any atom is -0.325 e. The Bertz CT molecular complexity index is 671. The van der Waals surface area contributed by atoms with E-state index < -0.39 is 0 Å². The van der Waals surface area contributed by atoms with Crippen molar-refractivity contribution in [3.63, 3.8) is 0 Å². The Hall–Kier alpha value is -1.45. The second-order valence-corrected chi connectivity index (χ2v) is 6.41. The van der Waals surface area contributed by atoms with Gasteiger partial charge >= 0.3 is 0 Å². The van der Waals surface area contributed by atoms with Crippen molar-refractivity contribution in [1.82, 2.24) is 0 Å². The number of carbonyl (C=O) groups excluding carboxylic acids is 1. The van der Waals surface area contributed by atoms with E-state index in [4.69, 9.17) is 11.6 Å². The minimum absolute atomic E-state index is 0.0359.